The average molecular weight is 358 g/mol. The minimum absolute atomic E-state index is 0.0232. The summed E-state index contributed by atoms with van der Waals surface area (Å²) in [4.78, 5) is 18.0. The van der Waals surface area contributed by atoms with Crippen LogP contribution in [0.15, 0.2) is 40.9 Å². The van der Waals surface area contributed by atoms with Crippen LogP contribution in [-0.4, -0.2) is 71.7 Å². The fourth-order valence-electron chi connectivity index (χ4n) is 2.63. The van der Waals surface area contributed by atoms with Crippen LogP contribution in [0.25, 0.3) is 0 Å². The predicted octanol–water partition coefficient (Wildman–Crippen LogP) is 1.40. The van der Waals surface area contributed by atoms with Gasteiger partial charge in [0.2, 0.25) is 0 Å². The molecule has 0 unspecified atom stereocenters. The van der Waals surface area contributed by atoms with E-state index in [1.807, 2.05) is 29.2 Å². The number of carbonyl (C=O) groups is 1. The van der Waals surface area contributed by atoms with Crippen LogP contribution in [0.1, 0.15) is 13.3 Å². The fourth-order valence-corrected chi connectivity index (χ4v) is 2.63. The Morgan fingerprint density at radius 1 is 1.15 bits per heavy atom. The molecule has 7 heteroatoms. The van der Waals surface area contributed by atoms with E-state index in [1.165, 1.54) is 0 Å². The zero-order valence-electron chi connectivity index (χ0n) is 15.0. The van der Waals surface area contributed by atoms with Crippen molar-refractivity contribution in [1.82, 2.24) is 4.90 Å². The zero-order chi connectivity index (χ0) is 18.9. The number of ketones is 1. The molecular weight excluding hydrogens is 332 g/mol. The Balaban J connectivity index is 1.93. The number of allylic oxidation sites excluding steroid dienone is 2. The van der Waals surface area contributed by atoms with Gasteiger partial charge in [-0.1, -0.05) is 0 Å². The molecule has 140 valence electrons. The van der Waals surface area contributed by atoms with Gasteiger partial charge < -0.3 is 20.9 Å². The fraction of sp³-hybridized carbons (Fsp3) is 0.421. The second-order valence-corrected chi connectivity index (χ2v) is 6.17. The Hall–Kier alpha value is -2.35. The number of aliphatic hydroxyl groups is 2. The van der Waals surface area contributed by atoms with Crippen LogP contribution in [0.3, 0.4) is 0 Å². The largest absolute Gasteiger partial charge is 0.395 e. The quantitative estimate of drug-likeness (QED) is 0.533. The molecule has 1 aromatic carbocycles. The lowest BCUT2D eigenvalue weighted by atomic mass is 9.96. The number of Topliss-reactive ketones (excluding diaryl/α,β-unsaturated/α-hetero) is 1. The predicted molar refractivity (Wildman–Crippen MR) is 104 cm³/mol. The van der Waals surface area contributed by atoms with Crippen molar-refractivity contribution < 1.29 is 15.0 Å². The molecule has 0 heterocycles. The number of hydrogen-bond donors (Lipinski definition) is 4. The summed E-state index contributed by atoms with van der Waals surface area (Å²) in [7, 11) is 0. The maximum atomic E-state index is 11.6. The standard InChI is InChI=1S/C19H26N4O3/c1-14-12-18(17(20)13-19(14)26)22-16-4-2-15(3-5-16)21-6-7-23(8-10-24)9-11-25/h2-5,12,20-21,24-25H,6-11,13H2,1H3. The van der Waals surface area contributed by atoms with Crippen molar-refractivity contribution >= 4 is 28.6 Å². The van der Waals surface area contributed by atoms with E-state index in [-0.39, 0.29) is 31.1 Å². The van der Waals surface area contributed by atoms with E-state index in [9.17, 15) is 4.79 Å². The SMILES string of the molecule is CC1=CC(=Nc2ccc(NCCN(CCO)CCO)cc2)C(=N)CC1=O. The molecule has 0 saturated carbocycles. The Morgan fingerprint density at radius 2 is 1.81 bits per heavy atom. The van der Waals surface area contributed by atoms with E-state index in [2.05, 4.69) is 10.3 Å². The molecule has 0 saturated heterocycles. The highest BCUT2D eigenvalue weighted by atomic mass is 16.3. The van der Waals surface area contributed by atoms with Gasteiger partial charge in [0, 0.05) is 31.9 Å². The van der Waals surface area contributed by atoms with Crippen molar-refractivity contribution in [2.24, 2.45) is 4.99 Å². The molecular formula is C19H26N4O3. The molecule has 0 amide bonds. The van der Waals surface area contributed by atoms with E-state index in [0.29, 0.717) is 30.9 Å². The molecule has 0 aromatic heterocycles. The lowest BCUT2D eigenvalue weighted by Gasteiger charge is -2.20. The molecule has 1 aromatic rings. The second kappa shape index (κ2) is 9.96. The molecule has 0 atom stereocenters. The summed E-state index contributed by atoms with van der Waals surface area (Å²) >= 11 is 0. The highest BCUT2D eigenvalue weighted by molar-refractivity contribution is 6.51. The molecule has 26 heavy (non-hydrogen) atoms. The van der Waals surface area contributed by atoms with Gasteiger partial charge in [-0.15, -0.1) is 0 Å². The van der Waals surface area contributed by atoms with E-state index in [4.69, 9.17) is 15.6 Å². The number of anilines is 1. The molecule has 1 aliphatic carbocycles. The maximum absolute atomic E-state index is 11.6. The van der Waals surface area contributed by atoms with E-state index in [1.54, 1.807) is 13.0 Å². The highest BCUT2D eigenvalue weighted by Gasteiger charge is 2.18. The Morgan fingerprint density at radius 3 is 2.42 bits per heavy atom. The highest BCUT2D eigenvalue weighted by Crippen LogP contribution is 2.19. The lowest BCUT2D eigenvalue weighted by Crippen LogP contribution is -2.34. The zero-order valence-corrected chi connectivity index (χ0v) is 15.0. The van der Waals surface area contributed by atoms with Crippen LogP contribution in [0, 0.1) is 5.41 Å². The molecule has 7 nitrogen and oxygen atoms in total. The van der Waals surface area contributed by atoms with Gasteiger partial charge in [-0.25, -0.2) is 4.99 Å². The molecule has 1 aliphatic rings. The van der Waals surface area contributed by atoms with Crippen LogP contribution in [0.5, 0.6) is 0 Å². The van der Waals surface area contributed by atoms with Gasteiger partial charge in [0.05, 0.1) is 36.7 Å². The number of nitrogens with one attached hydrogen (secondary N) is 2. The summed E-state index contributed by atoms with van der Waals surface area (Å²) in [6.45, 7) is 4.39. The summed E-state index contributed by atoms with van der Waals surface area (Å²) in [5.74, 6) is -0.0232. The van der Waals surface area contributed by atoms with Crippen LogP contribution < -0.4 is 5.32 Å². The van der Waals surface area contributed by atoms with E-state index in [0.717, 1.165) is 17.9 Å². The summed E-state index contributed by atoms with van der Waals surface area (Å²) in [6.07, 6.45) is 1.77. The number of aliphatic imine (C=N–C) groups is 1. The Bertz CT molecular complexity index is 689. The van der Waals surface area contributed by atoms with Crippen LogP contribution in [-0.2, 0) is 4.79 Å². The van der Waals surface area contributed by atoms with Crippen molar-refractivity contribution in [2.75, 3.05) is 44.7 Å². The first-order valence-corrected chi connectivity index (χ1v) is 8.69. The molecule has 0 spiro atoms. The number of nitrogens with zero attached hydrogens (tertiary/aromatic N) is 2. The van der Waals surface area contributed by atoms with Gasteiger partial charge in [-0.05, 0) is 42.8 Å². The van der Waals surface area contributed by atoms with Gasteiger partial charge in [-0.3, -0.25) is 9.69 Å². The van der Waals surface area contributed by atoms with Crippen LogP contribution >= 0.6 is 0 Å². The minimum atomic E-state index is -0.0232. The number of rotatable bonds is 9. The number of carbonyl (C=O) groups excluding carboxylic acids is 1. The van der Waals surface area contributed by atoms with Crippen molar-refractivity contribution in [3.63, 3.8) is 0 Å². The minimum Gasteiger partial charge on any atom is -0.395 e. The molecule has 0 aliphatic heterocycles. The van der Waals surface area contributed by atoms with Crippen LogP contribution in [0.4, 0.5) is 11.4 Å². The average Bonchev–Trinajstić information content (AvgIpc) is 2.61. The van der Waals surface area contributed by atoms with Gasteiger partial charge in [0.15, 0.2) is 5.78 Å². The first-order valence-electron chi connectivity index (χ1n) is 8.69. The summed E-state index contributed by atoms with van der Waals surface area (Å²) in [6, 6.07) is 7.55. The van der Waals surface area contributed by atoms with E-state index < -0.39 is 0 Å². The second-order valence-electron chi connectivity index (χ2n) is 6.17. The van der Waals surface area contributed by atoms with Gasteiger partial charge in [0.25, 0.3) is 0 Å². The topological polar surface area (TPSA) is 109 Å². The molecule has 0 radical (unpaired) electrons. The smallest absolute Gasteiger partial charge is 0.164 e. The van der Waals surface area contributed by atoms with Gasteiger partial charge >= 0.3 is 0 Å². The summed E-state index contributed by atoms with van der Waals surface area (Å²) in [5, 5.41) is 29.2. The third-order valence-corrected chi connectivity index (χ3v) is 4.15. The molecule has 2 rings (SSSR count). The normalized spacial score (nSPS) is 16.3. The molecule has 0 bridgehead atoms. The van der Waals surface area contributed by atoms with E-state index >= 15 is 0 Å². The third kappa shape index (κ3) is 5.87. The number of benzene rings is 1. The van der Waals surface area contributed by atoms with Crippen molar-refractivity contribution in [3.05, 3.63) is 35.9 Å². The van der Waals surface area contributed by atoms with Crippen LogP contribution in [0.2, 0.25) is 0 Å². The van der Waals surface area contributed by atoms with Gasteiger partial charge in [-0.2, -0.15) is 0 Å². The first kappa shape index (κ1) is 20.0. The summed E-state index contributed by atoms with van der Waals surface area (Å²) < 4.78 is 0. The van der Waals surface area contributed by atoms with Crippen molar-refractivity contribution in [2.45, 2.75) is 13.3 Å². The molecule has 0 fully saturated rings. The monoisotopic (exact) mass is 358 g/mol. The maximum Gasteiger partial charge on any atom is 0.164 e. The third-order valence-electron chi connectivity index (χ3n) is 4.15. The first-order chi connectivity index (χ1) is 12.5. The van der Waals surface area contributed by atoms with Gasteiger partial charge in [0.1, 0.15) is 0 Å². The lowest BCUT2D eigenvalue weighted by molar-refractivity contribution is -0.114. The van der Waals surface area contributed by atoms with Crippen molar-refractivity contribution in [3.8, 4) is 0 Å². The Kier molecular flexibility index (Phi) is 7.65. The number of aliphatic hydroxyl groups excluding tert-OH is 2. The number of hydrogen-bond acceptors (Lipinski definition) is 7. The summed E-state index contributed by atoms with van der Waals surface area (Å²) in [5.41, 5.74) is 3.09. The Labute approximate surface area is 153 Å². The molecule has 4 N–H and O–H groups in total. The van der Waals surface area contributed by atoms with Crippen molar-refractivity contribution in [1.29, 1.82) is 5.41 Å².